The lowest BCUT2D eigenvalue weighted by Crippen LogP contribution is -2.55. The average molecular weight is 249 g/mol. The predicted molar refractivity (Wildman–Crippen MR) is 67.8 cm³/mol. The molecule has 1 fully saturated rings. The number of pyridine rings is 1. The van der Waals surface area contributed by atoms with Crippen molar-refractivity contribution < 1.29 is 9.90 Å². The summed E-state index contributed by atoms with van der Waals surface area (Å²) in [5, 5.41) is 9.10. The molecule has 0 aromatic carbocycles. The highest BCUT2D eigenvalue weighted by Gasteiger charge is 2.32. The summed E-state index contributed by atoms with van der Waals surface area (Å²) in [4.78, 5) is 19.9. The lowest BCUT2D eigenvalue weighted by Gasteiger charge is -2.39. The van der Waals surface area contributed by atoms with E-state index < -0.39 is 0 Å². The first-order valence-electron chi connectivity index (χ1n) is 6.21. The number of hydrogen-bond donors (Lipinski definition) is 1. The largest absolute Gasteiger partial charge is 0.396 e. The maximum atomic E-state index is 12.1. The van der Waals surface area contributed by atoms with Crippen molar-refractivity contribution in [2.24, 2.45) is 0 Å². The van der Waals surface area contributed by atoms with Crippen molar-refractivity contribution in [3.05, 3.63) is 30.1 Å². The number of carbonyl (C=O) groups is 1. The molecule has 18 heavy (non-hydrogen) atoms. The Bertz CT molecular complexity index is 396. The lowest BCUT2D eigenvalue weighted by atomic mass is 10.1. The zero-order valence-corrected chi connectivity index (χ0v) is 10.6. The van der Waals surface area contributed by atoms with E-state index in [0.717, 1.165) is 25.2 Å². The standard InChI is InChI=1S/C13H19N3O2/c1-15-7-8-16(12(4-9-17)13(15)18)10-11-2-5-14-6-3-11/h2-3,5-6,12,17H,4,7-10H2,1H3. The molecule has 5 heteroatoms. The van der Waals surface area contributed by atoms with Crippen molar-refractivity contribution in [1.29, 1.82) is 0 Å². The van der Waals surface area contributed by atoms with Crippen LogP contribution in [0.15, 0.2) is 24.5 Å². The van der Waals surface area contributed by atoms with Crippen LogP contribution in [0.1, 0.15) is 12.0 Å². The highest BCUT2D eigenvalue weighted by molar-refractivity contribution is 5.82. The van der Waals surface area contributed by atoms with E-state index in [4.69, 9.17) is 5.11 Å². The minimum Gasteiger partial charge on any atom is -0.396 e. The van der Waals surface area contributed by atoms with E-state index in [0.29, 0.717) is 6.42 Å². The molecular formula is C13H19N3O2. The van der Waals surface area contributed by atoms with Crippen LogP contribution in [0.3, 0.4) is 0 Å². The van der Waals surface area contributed by atoms with Gasteiger partial charge in [0, 0.05) is 45.7 Å². The van der Waals surface area contributed by atoms with E-state index in [1.165, 1.54) is 0 Å². The molecule has 1 aromatic heterocycles. The van der Waals surface area contributed by atoms with Gasteiger partial charge in [0.05, 0.1) is 6.04 Å². The Balaban J connectivity index is 2.08. The highest BCUT2D eigenvalue weighted by atomic mass is 16.3. The molecule has 1 N–H and O–H groups in total. The first kappa shape index (κ1) is 13.0. The van der Waals surface area contributed by atoms with Gasteiger partial charge in [-0.1, -0.05) is 0 Å². The van der Waals surface area contributed by atoms with Crippen LogP contribution in [-0.2, 0) is 11.3 Å². The summed E-state index contributed by atoms with van der Waals surface area (Å²) >= 11 is 0. The van der Waals surface area contributed by atoms with Gasteiger partial charge in [0.1, 0.15) is 0 Å². The molecule has 1 atom stereocenters. The van der Waals surface area contributed by atoms with E-state index in [1.54, 1.807) is 17.3 Å². The number of rotatable bonds is 4. The Morgan fingerprint density at radius 1 is 1.39 bits per heavy atom. The van der Waals surface area contributed by atoms with Gasteiger partial charge in [-0.2, -0.15) is 0 Å². The molecule has 0 spiro atoms. The summed E-state index contributed by atoms with van der Waals surface area (Å²) in [5.74, 6) is 0.101. The molecule has 98 valence electrons. The number of aromatic nitrogens is 1. The van der Waals surface area contributed by atoms with E-state index in [1.807, 2.05) is 19.2 Å². The number of piperazine rings is 1. The van der Waals surface area contributed by atoms with Crippen molar-refractivity contribution >= 4 is 5.91 Å². The molecule has 1 aliphatic heterocycles. The van der Waals surface area contributed by atoms with E-state index in [-0.39, 0.29) is 18.6 Å². The third kappa shape index (κ3) is 2.86. The number of nitrogens with zero attached hydrogens (tertiary/aromatic N) is 3. The third-order valence-corrected chi connectivity index (χ3v) is 3.36. The predicted octanol–water partition coefficient (Wildman–Crippen LogP) is 0.107. The van der Waals surface area contributed by atoms with Gasteiger partial charge in [-0.3, -0.25) is 14.7 Å². The Kier molecular flexibility index (Phi) is 4.28. The monoisotopic (exact) mass is 249 g/mol. The van der Waals surface area contributed by atoms with Gasteiger partial charge in [0.2, 0.25) is 5.91 Å². The van der Waals surface area contributed by atoms with Crippen molar-refractivity contribution in [3.63, 3.8) is 0 Å². The van der Waals surface area contributed by atoms with Crippen LogP contribution in [0.25, 0.3) is 0 Å². The molecule has 1 aliphatic rings. The van der Waals surface area contributed by atoms with Crippen LogP contribution < -0.4 is 0 Å². The lowest BCUT2D eigenvalue weighted by molar-refractivity contribution is -0.141. The molecular weight excluding hydrogens is 230 g/mol. The highest BCUT2D eigenvalue weighted by Crippen LogP contribution is 2.16. The van der Waals surface area contributed by atoms with Crippen LogP contribution in [0.4, 0.5) is 0 Å². The van der Waals surface area contributed by atoms with Crippen LogP contribution in [0.5, 0.6) is 0 Å². The topological polar surface area (TPSA) is 56.7 Å². The molecule has 2 heterocycles. The van der Waals surface area contributed by atoms with Crippen molar-refractivity contribution in [2.75, 3.05) is 26.7 Å². The Labute approximate surface area is 107 Å². The van der Waals surface area contributed by atoms with E-state index in [2.05, 4.69) is 9.88 Å². The Hall–Kier alpha value is -1.46. The number of aliphatic hydroxyl groups excluding tert-OH is 1. The van der Waals surface area contributed by atoms with Crippen LogP contribution in [0, 0.1) is 0 Å². The number of amides is 1. The number of likely N-dealkylation sites (N-methyl/N-ethyl adjacent to an activating group) is 1. The number of hydrogen-bond acceptors (Lipinski definition) is 4. The molecule has 0 aliphatic carbocycles. The van der Waals surface area contributed by atoms with E-state index in [9.17, 15) is 4.79 Å². The van der Waals surface area contributed by atoms with Gasteiger partial charge in [-0.25, -0.2) is 0 Å². The van der Waals surface area contributed by atoms with Gasteiger partial charge >= 0.3 is 0 Å². The maximum Gasteiger partial charge on any atom is 0.239 e. The second-order valence-corrected chi connectivity index (χ2v) is 4.61. The molecule has 1 aromatic rings. The van der Waals surface area contributed by atoms with Crippen molar-refractivity contribution in [3.8, 4) is 0 Å². The molecule has 0 bridgehead atoms. The second-order valence-electron chi connectivity index (χ2n) is 4.61. The zero-order chi connectivity index (χ0) is 13.0. The molecule has 5 nitrogen and oxygen atoms in total. The molecule has 1 unspecified atom stereocenters. The van der Waals surface area contributed by atoms with Gasteiger partial charge in [-0.15, -0.1) is 0 Å². The van der Waals surface area contributed by atoms with Gasteiger partial charge in [0.25, 0.3) is 0 Å². The third-order valence-electron chi connectivity index (χ3n) is 3.36. The molecule has 1 saturated heterocycles. The Morgan fingerprint density at radius 2 is 2.11 bits per heavy atom. The molecule has 0 saturated carbocycles. The number of carbonyl (C=O) groups excluding carboxylic acids is 1. The first-order valence-corrected chi connectivity index (χ1v) is 6.21. The van der Waals surface area contributed by atoms with Crippen LogP contribution in [0.2, 0.25) is 0 Å². The summed E-state index contributed by atoms with van der Waals surface area (Å²) in [6, 6.07) is 3.71. The smallest absolute Gasteiger partial charge is 0.239 e. The normalized spacial score (nSPS) is 21.3. The molecule has 1 amide bonds. The van der Waals surface area contributed by atoms with E-state index >= 15 is 0 Å². The zero-order valence-electron chi connectivity index (χ0n) is 10.6. The van der Waals surface area contributed by atoms with Gasteiger partial charge < -0.3 is 10.0 Å². The minimum atomic E-state index is -0.207. The summed E-state index contributed by atoms with van der Waals surface area (Å²) < 4.78 is 0. The maximum absolute atomic E-state index is 12.1. The fourth-order valence-electron chi connectivity index (χ4n) is 2.30. The van der Waals surface area contributed by atoms with Crippen LogP contribution >= 0.6 is 0 Å². The average Bonchev–Trinajstić information content (AvgIpc) is 2.39. The van der Waals surface area contributed by atoms with Crippen LogP contribution in [-0.4, -0.2) is 58.6 Å². The van der Waals surface area contributed by atoms with Gasteiger partial charge in [0.15, 0.2) is 0 Å². The Morgan fingerprint density at radius 3 is 2.78 bits per heavy atom. The fraction of sp³-hybridized carbons (Fsp3) is 0.538. The minimum absolute atomic E-state index is 0.0388. The fourth-order valence-corrected chi connectivity index (χ4v) is 2.30. The quantitative estimate of drug-likeness (QED) is 0.822. The summed E-state index contributed by atoms with van der Waals surface area (Å²) in [6.07, 6.45) is 4.01. The summed E-state index contributed by atoms with van der Waals surface area (Å²) in [6.45, 7) is 2.35. The second kappa shape index (κ2) is 5.93. The molecule has 0 radical (unpaired) electrons. The van der Waals surface area contributed by atoms with Crippen molar-refractivity contribution in [1.82, 2.24) is 14.8 Å². The van der Waals surface area contributed by atoms with Crippen molar-refractivity contribution in [2.45, 2.75) is 19.0 Å². The molecule has 2 rings (SSSR count). The first-order chi connectivity index (χ1) is 8.72. The number of aliphatic hydroxyl groups is 1. The summed E-state index contributed by atoms with van der Waals surface area (Å²) in [7, 11) is 1.82. The van der Waals surface area contributed by atoms with Gasteiger partial charge in [-0.05, 0) is 24.1 Å². The summed E-state index contributed by atoms with van der Waals surface area (Å²) in [5.41, 5.74) is 1.14. The SMILES string of the molecule is CN1CCN(Cc2ccncc2)C(CCO)C1=O.